The Labute approximate surface area is 124 Å². The smallest absolute Gasteiger partial charge is 0.258 e. The molecular formula is C17H17N3O. The Morgan fingerprint density at radius 1 is 1.14 bits per heavy atom. The molecule has 2 N–H and O–H groups in total. The SMILES string of the molecule is CCCN(C(=O)c1ccc(C#N)cc1)c1ccc(N)cc1. The molecule has 0 atom stereocenters. The van der Waals surface area contributed by atoms with Crippen molar-refractivity contribution in [2.45, 2.75) is 13.3 Å². The average molecular weight is 279 g/mol. The van der Waals surface area contributed by atoms with Crippen molar-refractivity contribution in [3.05, 3.63) is 59.7 Å². The maximum atomic E-state index is 12.6. The highest BCUT2D eigenvalue weighted by Gasteiger charge is 2.16. The molecule has 4 nitrogen and oxygen atoms in total. The number of amides is 1. The third-order valence-corrected chi connectivity index (χ3v) is 3.16. The number of benzene rings is 2. The lowest BCUT2D eigenvalue weighted by Gasteiger charge is -2.22. The van der Waals surface area contributed by atoms with Crippen LogP contribution >= 0.6 is 0 Å². The number of carbonyl (C=O) groups excluding carboxylic acids is 1. The van der Waals surface area contributed by atoms with Crippen LogP contribution in [-0.4, -0.2) is 12.5 Å². The van der Waals surface area contributed by atoms with Crippen LogP contribution in [0, 0.1) is 11.3 Å². The molecule has 106 valence electrons. The molecule has 0 saturated heterocycles. The Balaban J connectivity index is 2.30. The van der Waals surface area contributed by atoms with Crippen LogP contribution in [-0.2, 0) is 0 Å². The Hall–Kier alpha value is -2.80. The normalized spacial score (nSPS) is 9.90. The minimum absolute atomic E-state index is 0.0777. The third kappa shape index (κ3) is 3.40. The Bertz CT molecular complexity index is 654. The summed E-state index contributed by atoms with van der Waals surface area (Å²) in [6.45, 7) is 2.65. The van der Waals surface area contributed by atoms with E-state index in [-0.39, 0.29) is 5.91 Å². The van der Waals surface area contributed by atoms with Gasteiger partial charge >= 0.3 is 0 Å². The summed E-state index contributed by atoms with van der Waals surface area (Å²) in [7, 11) is 0. The van der Waals surface area contributed by atoms with Gasteiger partial charge in [-0.3, -0.25) is 4.79 Å². The number of anilines is 2. The molecule has 0 bridgehead atoms. The quantitative estimate of drug-likeness (QED) is 0.874. The van der Waals surface area contributed by atoms with Crippen molar-refractivity contribution in [1.82, 2.24) is 0 Å². The number of carbonyl (C=O) groups is 1. The van der Waals surface area contributed by atoms with Crippen LogP contribution in [0.4, 0.5) is 11.4 Å². The largest absolute Gasteiger partial charge is 0.399 e. The molecule has 0 aliphatic rings. The zero-order chi connectivity index (χ0) is 15.2. The summed E-state index contributed by atoms with van der Waals surface area (Å²) in [6.07, 6.45) is 0.854. The first-order valence-electron chi connectivity index (χ1n) is 6.83. The van der Waals surface area contributed by atoms with Crippen molar-refractivity contribution in [3.8, 4) is 6.07 Å². The fraction of sp³-hybridized carbons (Fsp3) is 0.176. The molecule has 2 aromatic carbocycles. The second-order valence-electron chi connectivity index (χ2n) is 4.74. The zero-order valence-corrected chi connectivity index (χ0v) is 11.9. The van der Waals surface area contributed by atoms with E-state index in [2.05, 4.69) is 0 Å². The fourth-order valence-electron chi connectivity index (χ4n) is 2.07. The monoisotopic (exact) mass is 279 g/mol. The van der Waals surface area contributed by atoms with E-state index >= 15 is 0 Å². The van der Waals surface area contributed by atoms with Gasteiger partial charge in [0.2, 0.25) is 0 Å². The topological polar surface area (TPSA) is 70.1 Å². The number of nitrogens with zero attached hydrogens (tertiary/aromatic N) is 2. The first-order valence-corrected chi connectivity index (χ1v) is 6.83. The molecule has 4 heteroatoms. The van der Waals surface area contributed by atoms with E-state index in [1.54, 1.807) is 41.3 Å². The van der Waals surface area contributed by atoms with Crippen LogP contribution in [0.2, 0.25) is 0 Å². The van der Waals surface area contributed by atoms with Crippen molar-refractivity contribution in [3.63, 3.8) is 0 Å². The molecule has 0 saturated carbocycles. The minimum atomic E-state index is -0.0777. The number of hydrogen-bond acceptors (Lipinski definition) is 3. The van der Waals surface area contributed by atoms with Gasteiger partial charge in [0.25, 0.3) is 5.91 Å². The second-order valence-corrected chi connectivity index (χ2v) is 4.74. The summed E-state index contributed by atoms with van der Waals surface area (Å²) in [4.78, 5) is 14.4. The summed E-state index contributed by atoms with van der Waals surface area (Å²) >= 11 is 0. The molecule has 0 fully saturated rings. The highest BCUT2D eigenvalue weighted by molar-refractivity contribution is 6.06. The highest BCUT2D eigenvalue weighted by Crippen LogP contribution is 2.19. The molecule has 21 heavy (non-hydrogen) atoms. The van der Waals surface area contributed by atoms with Gasteiger partial charge in [0, 0.05) is 23.5 Å². The molecule has 0 aromatic heterocycles. The summed E-state index contributed by atoms with van der Waals surface area (Å²) in [5.74, 6) is -0.0777. The predicted octanol–water partition coefficient (Wildman–Crippen LogP) is 3.20. The van der Waals surface area contributed by atoms with Gasteiger partial charge in [-0.1, -0.05) is 6.92 Å². The van der Waals surface area contributed by atoms with E-state index in [0.717, 1.165) is 12.1 Å². The number of hydrogen-bond donors (Lipinski definition) is 1. The van der Waals surface area contributed by atoms with Crippen LogP contribution < -0.4 is 10.6 Å². The van der Waals surface area contributed by atoms with Crippen molar-refractivity contribution < 1.29 is 4.79 Å². The van der Waals surface area contributed by atoms with Crippen LogP contribution in [0.1, 0.15) is 29.3 Å². The first-order chi connectivity index (χ1) is 10.2. The van der Waals surface area contributed by atoms with Gasteiger partial charge in [-0.25, -0.2) is 0 Å². The number of nitriles is 1. The molecule has 0 heterocycles. The molecule has 2 rings (SSSR count). The molecule has 0 spiro atoms. The Morgan fingerprint density at radius 3 is 2.29 bits per heavy atom. The Morgan fingerprint density at radius 2 is 1.76 bits per heavy atom. The number of rotatable bonds is 4. The van der Waals surface area contributed by atoms with Crippen molar-refractivity contribution in [2.75, 3.05) is 17.2 Å². The maximum absolute atomic E-state index is 12.6. The molecule has 2 aromatic rings. The van der Waals surface area contributed by atoms with Crippen LogP contribution in [0.15, 0.2) is 48.5 Å². The van der Waals surface area contributed by atoms with Crippen LogP contribution in [0.3, 0.4) is 0 Å². The fourth-order valence-corrected chi connectivity index (χ4v) is 2.07. The van der Waals surface area contributed by atoms with Crippen molar-refractivity contribution in [2.24, 2.45) is 0 Å². The van der Waals surface area contributed by atoms with E-state index in [1.807, 2.05) is 25.1 Å². The molecule has 1 amide bonds. The van der Waals surface area contributed by atoms with E-state index in [1.165, 1.54) is 0 Å². The van der Waals surface area contributed by atoms with Crippen LogP contribution in [0.25, 0.3) is 0 Å². The standard InChI is InChI=1S/C17H17N3O/c1-2-11-20(16-9-7-15(19)8-10-16)17(21)14-5-3-13(12-18)4-6-14/h3-10H,2,11,19H2,1H3. The minimum Gasteiger partial charge on any atom is -0.399 e. The molecule has 0 radical (unpaired) electrons. The van der Waals surface area contributed by atoms with Gasteiger partial charge in [0.1, 0.15) is 0 Å². The number of nitrogens with two attached hydrogens (primary N) is 1. The van der Waals surface area contributed by atoms with E-state index in [0.29, 0.717) is 23.4 Å². The molecule has 0 aliphatic carbocycles. The van der Waals surface area contributed by atoms with E-state index < -0.39 is 0 Å². The van der Waals surface area contributed by atoms with E-state index in [4.69, 9.17) is 11.0 Å². The second kappa shape index (κ2) is 6.58. The summed E-state index contributed by atoms with van der Waals surface area (Å²) < 4.78 is 0. The lowest BCUT2D eigenvalue weighted by molar-refractivity contribution is 0.0987. The summed E-state index contributed by atoms with van der Waals surface area (Å²) in [6, 6.07) is 16.0. The van der Waals surface area contributed by atoms with Crippen molar-refractivity contribution >= 4 is 17.3 Å². The lowest BCUT2D eigenvalue weighted by atomic mass is 10.1. The van der Waals surface area contributed by atoms with Gasteiger partial charge in [0.05, 0.1) is 11.6 Å². The summed E-state index contributed by atoms with van der Waals surface area (Å²) in [5, 5.41) is 8.81. The van der Waals surface area contributed by atoms with Crippen LogP contribution in [0.5, 0.6) is 0 Å². The maximum Gasteiger partial charge on any atom is 0.258 e. The third-order valence-electron chi connectivity index (χ3n) is 3.16. The predicted molar refractivity (Wildman–Crippen MR) is 84.0 cm³/mol. The van der Waals surface area contributed by atoms with Gasteiger partial charge in [-0.2, -0.15) is 5.26 Å². The van der Waals surface area contributed by atoms with Gasteiger partial charge in [0.15, 0.2) is 0 Å². The van der Waals surface area contributed by atoms with E-state index in [9.17, 15) is 4.79 Å². The lowest BCUT2D eigenvalue weighted by Crippen LogP contribution is -2.31. The number of nitrogen functional groups attached to an aromatic ring is 1. The average Bonchev–Trinajstić information content (AvgIpc) is 2.53. The van der Waals surface area contributed by atoms with Gasteiger partial charge in [-0.05, 0) is 55.0 Å². The first kappa shape index (κ1) is 14.6. The molecule has 0 aliphatic heterocycles. The molecular weight excluding hydrogens is 262 g/mol. The molecule has 0 unspecified atom stereocenters. The Kier molecular flexibility index (Phi) is 4.57. The summed E-state index contributed by atoms with van der Waals surface area (Å²) in [5.41, 5.74) is 8.28. The van der Waals surface area contributed by atoms with Gasteiger partial charge < -0.3 is 10.6 Å². The van der Waals surface area contributed by atoms with Crippen molar-refractivity contribution in [1.29, 1.82) is 5.26 Å². The zero-order valence-electron chi connectivity index (χ0n) is 11.9. The highest BCUT2D eigenvalue weighted by atomic mass is 16.2. The van der Waals surface area contributed by atoms with Gasteiger partial charge in [-0.15, -0.1) is 0 Å².